The molecule has 26 heavy (non-hydrogen) atoms. The topological polar surface area (TPSA) is 81.9 Å². The third-order valence-electron chi connectivity index (χ3n) is 4.45. The van der Waals surface area contributed by atoms with Crippen molar-refractivity contribution < 1.29 is 23.5 Å². The molecule has 1 heterocycles. The molecule has 2 aliphatic rings. The lowest BCUT2D eigenvalue weighted by atomic mass is 10.1. The SMILES string of the molecule is Nc1cccc(CN2Cc3ccc(OC(=O)C4CC4)cc3OC2=O)c1F. The molecule has 1 fully saturated rings. The fourth-order valence-corrected chi connectivity index (χ4v) is 2.82. The number of anilines is 1. The van der Waals surface area contributed by atoms with E-state index in [0.29, 0.717) is 17.1 Å². The van der Waals surface area contributed by atoms with Gasteiger partial charge in [0.1, 0.15) is 11.5 Å². The van der Waals surface area contributed by atoms with Gasteiger partial charge in [-0.25, -0.2) is 9.18 Å². The van der Waals surface area contributed by atoms with Crippen molar-refractivity contribution in [3.63, 3.8) is 0 Å². The molecule has 6 nitrogen and oxygen atoms in total. The largest absolute Gasteiger partial charge is 0.426 e. The van der Waals surface area contributed by atoms with E-state index in [1.807, 2.05) is 0 Å². The molecular weight excluding hydrogens is 339 g/mol. The molecular formula is C19H17FN2O4. The van der Waals surface area contributed by atoms with Crippen molar-refractivity contribution in [2.45, 2.75) is 25.9 Å². The van der Waals surface area contributed by atoms with Gasteiger partial charge in [-0.2, -0.15) is 0 Å². The minimum atomic E-state index is -0.593. The van der Waals surface area contributed by atoms with Crippen LogP contribution in [0.15, 0.2) is 36.4 Å². The molecule has 0 bridgehead atoms. The second kappa shape index (κ2) is 6.33. The third kappa shape index (κ3) is 3.20. The Hall–Kier alpha value is -3.09. The number of halogens is 1. The van der Waals surface area contributed by atoms with Crippen LogP contribution in [-0.4, -0.2) is 17.0 Å². The minimum absolute atomic E-state index is 0.0164. The number of esters is 1. The van der Waals surface area contributed by atoms with E-state index < -0.39 is 11.9 Å². The van der Waals surface area contributed by atoms with E-state index in [2.05, 4.69) is 0 Å². The lowest BCUT2D eigenvalue weighted by Gasteiger charge is -2.28. The van der Waals surface area contributed by atoms with Crippen LogP contribution < -0.4 is 15.2 Å². The summed E-state index contributed by atoms with van der Waals surface area (Å²) in [6.45, 7) is 0.312. The van der Waals surface area contributed by atoms with E-state index in [-0.39, 0.29) is 30.7 Å². The van der Waals surface area contributed by atoms with Gasteiger partial charge in [0.15, 0.2) is 5.82 Å². The molecule has 2 aromatic rings. The highest BCUT2D eigenvalue weighted by atomic mass is 19.1. The van der Waals surface area contributed by atoms with E-state index in [0.717, 1.165) is 18.4 Å². The van der Waals surface area contributed by atoms with Gasteiger partial charge < -0.3 is 15.2 Å². The van der Waals surface area contributed by atoms with Crippen molar-refractivity contribution in [3.05, 3.63) is 53.3 Å². The van der Waals surface area contributed by atoms with Gasteiger partial charge in [0.2, 0.25) is 0 Å². The Bertz CT molecular complexity index is 895. The van der Waals surface area contributed by atoms with Crippen molar-refractivity contribution in [2.75, 3.05) is 5.73 Å². The first-order chi connectivity index (χ1) is 12.5. The summed E-state index contributed by atoms with van der Waals surface area (Å²) in [6, 6.07) is 9.61. The van der Waals surface area contributed by atoms with Crippen LogP contribution in [0, 0.1) is 11.7 Å². The van der Waals surface area contributed by atoms with Gasteiger partial charge >= 0.3 is 12.1 Å². The molecule has 1 amide bonds. The van der Waals surface area contributed by atoms with Gasteiger partial charge in [0.05, 0.1) is 24.7 Å². The first-order valence-electron chi connectivity index (χ1n) is 8.35. The highest BCUT2D eigenvalue weighted by molar-refractivity contribution is 5.78. The highest BCUT2D eigenvalue weighted by Crippen LogP contribution is 2.34. The van der Waals surface area contributed by atoms with Crippen molar-refractivity contribution in [2.24, 2.45) is 5.92 Å². The van der Waals surface area contributed by atoms with E-state index in [1.165, 1.54) is 17.0 Å². The number of hydrogen-bond donors (Lipinski definition) is 1. The summed E-state index contributed by atoms with van der Waals surface area (Å²) in [5, 5.41) is 0. The molecule has 0 unspecified atom stereocenters. The predicted molar refractivity (Wildman–Crippen MR) is 90.9 cm³/mol. The maximum absolute atomic E-state index is 14.1. The summed E-state index contributed by atoms with van der Waals surface area (Å²) in [4.78, 5) is 25.4. The van der Waals surface area contributed by atoms with Crippen LogP contribution >= 0.6 is 0 Å². The first-order valence-corrected chi connectivity index (χ1v) is 8.35. The molecule has 1 aliphatic carbocycles. The smallest absolute Gasteiger partial charge is 0.415 e. The fraction of sp³-hybridized carbons (Fsp3) is 0.263. The van der Waals surface area contributed by atoms with Crippen LogP contribution in [0.1, 0.15) is 24.0 Å². The van der Waals surface area contributed by atoms with Gasteiger partial charge in [0, 0.05) is 17.2 Å². The summed E-state index contributed by atoms with van der Waals surface area (Å²) < 4.78 is 24.7. The highest BCUT2D eigenvalue weighted by Gasteiger charge is 2.32. The zero-order valence-corrected chi connectivity index (χ0v) is 13.9. The van der Waals surface area contributed by atoms with Gasteiger partial charge in [-0.3, -0.25) is 9.69 Å². The average molecular weight is 356 g/mol. The van der Waals surface area contributed by atoms with Crippen molar-refractivity contribution in [3.8, 4) is 11.5 Å². The monoisotopic (exact) mass is 356 g/mol. The third-order valence-corrected chi connectivity index (χ3v) is 4.45. The average Bonchev–Trinajstić information content (AvgIpc) is 3.45. The molecule has 0 radical (unpaired) electrons. The molecule has 2 N–H and O–H groups in total. The van der Waals surface area contributed by atoms with Crippen LogP contribution in [-0.2, 0) is 17.9 Å². The Morgan fingerprint density at radius 3 is 2.88 bits per heavy atom. The van der Waals surface area contributed by atoms with E-state index in [9.17, 15) is 14.0 Å². The van der Waals surface area contributed by atoms with Crippen LogP contribution in [0.3, 0.4) is 0 Å². The fourth-order valence-electron chi connectivity index (χ4n) is 2.82. The van der Waals surface area contributed by atoms with Gasteiger partial charge in [0.25, 0.3) is 0 Å². The number of benzene rings is 2. The number of ether oxygens (including phenoxy) is 2. The molecule has 0 saturated heterocycles. The molecule has 4 rings (SSSR count). The zero-order chi connectivity index (χ0) is 18.3. The van der Waals surface area contributed by atoms with E-state index >= 15 is 0 Å². The molecule has 2 aromatic carbocycles. The zero-order valence-electron chi connectivity index (χ0n) is 13.9. The number of nitrogens with zero attached hydrogens (tertiary/aromatic N) is 1. The van der Waals surface area contributed by atoms with Crippen molar-refractivity contribution >= 4 is 17.7 Å². The van der Waals surface area contributed by atoms with Gasteiger partial charge in [-0.1, -0.05) is 12.1 Å². The van der Waals surface area contributed by atoms with Crippen LogP contribution in [0.4, 0.5) is 14.9 Å². The number of nitrogens with two attached hydrogens (primary N) is 1. The van der Waals surface area contributed by atoms with Crippen molar-refractivity contribution in [1.29, 1.82) is 0 Å². The maximum atomic E-state index is 14.1. The standard InChI is InChI=1S/C19H17FN2O4/c20-17-13(2-1-3-15(17)21)10-22-9-12-6-7-14(8-16(12)26-19(22)24)25-18(23)11-4-5-11/h1-3,6-8,11H,4-5,9-10,21H2. The van der Waals surface area contributed by atoms with Crippen LogP contribution in [0.5, 0.6) is 11.5 Å². The van der Waals surface area contributed by atoms with Crippen LogP contribution in [0.2, 0.25) is 0 Å². The Morgan fingerprint density at radius 2 is 2.12 bits per heavy atom. The van der Waals surface area contributed by atoms with Crippen molar-refractivity contribution in [1.82, 2.24) is 4.90 Å². The number of carbonyl (C=O) groups is 2. The summed E-state index contributed by atoms with van der Waals surface area (Å²) in [6.07, 6.45) is 1.12. The Kier molecular flexibility index (Phi) is 3.99. The molecule has 1 saturated carbocycles. The lowest BCUT2D eigenvalue weighted by molar-refractivity contribution is -0.135. The van der Waals surface area contributed by atoms with E-state index in [1.54, 1.807) is 24.3 Å². The molecule has 0 atom stereocenters. The first kappa shape index (κ1) is 16.4. The number of carbonyl (C=O) groups excluding carboxylic acids is 2. The molecule has 134 valence electrons. The molecule has 7 heteroatoms. The normalized spacial score (nSPS) is 16.0. The minimum Gasteiger partial charge on any atom is -0.426 e. The maximum Gasteiger partial charge on any atom is 0.415 e. The predicted octanol–water partition coefficient (Wildman–Crippen LogP) is 3.24. The van der Waals surface area contributed by atoms with E-state index in [4.69, 9.17) is 15.2 Å². The molecule has 0 aromatic heterocycles. The number of nitrogen functional groups attached to an aromatic ring is 1. The number of rotatable bonds is 4. The second-order valence-corrected chi connectivity index (χ2v) is 6.51. The van der Waals surface area contributed by atoms with Crippen LogP contribution in [0.25, 0.3) is 0 Å². The Morgan fingerprint density at radius 1 is 1.31 bits per heavy atom. The number of fused-ring (bicyclic) bond motifs is 1. The summed E-state index contributed by atoms with van der Waals surface area (Å²) in [7, 11) is 0. The number of hydrogen-bond acceptors (Lipinski definition) is 5. The Balaban J connectivity index is 1.50. The number of amides is 1. The second-order valence-electron chi connectivity index (χ2n) is 6.51. The quantitative estimate of drug-likeness (QED) is 0.517. The summed E-state index contributed by atoms with van der Waals surface area (Å²) in [5.41, 5.74) is 6.68. The summed E-state index contributed by atoms with van der Waals surface area (Å²) in [5.74, 6) is -0.110. The molecule has 1 aliphatic heterocycles. The molecule has 0 spiro atoms. The Labute approximate surface area is 149 Å². The lowest BCUT2D eigenvalue weighted by Crippen LogP contribution is -2.36. The van der Waals surface area contributed by atoms with Gasteiger partial charge in [-0.15, -0.1) is 0 Å². The van der Waals surface area contributed by atoms with Gasteiger partial charge in [-0.05, 0) is 31.0 Å². The summed E-state index contributed by atoms with van der Waals surface area (Å²) >= 11 is 0.